The van der Waals surface area contributed by atoms with E-state index in [-0.39, 0.29) is 27.8 Å². The average Bonchev–Trinajstić information content (AvgIpc) is 2.91. The number of fused-ring (bicyclic) bond motifs is 1. The molecule has 1 aliphatic heterocycles. The minimum absolute atomic E-state index is 0.00244. The number of benzene rings is 3. The Balaban J connectivity index is 1.94. The summed E-state index contributed by atoms with van der Waals surface area (Å²) >= 11 is 0. The molecule has 0 saturated carbocycles. The zero-order valence-electron chi connectivity index (χ0n) is 19.1. The third kappa shape index (κ3) is 4.43. The highest BCUT2D eigenvalue weighted by Crippen LogP contribution is 2.41. The molecular formula is C26H27FN2O4S. The topological polar surface area (TPSA) is 77.9 Å². The van der Waals surface area contributed by atoms with Gasteiger partial charge >= 0.3 is 5.97 Å². The van der Waals surface area contributed by atoms with Crippen molar-refractivity contribution in [3.8, 4) is 11.1 Å². The lowest BCUT2D eigenvalue weighted by Crippen LogP contribution is -2.40. The summed E-state index contributed by atoms with van der Waals surface area (Å²) in [5, 5.41) is 9.33. The van der Waals surface area contributed by atoms with Crippen LogP contribution in [0.4, 0.5) is 15.8 Å². The van der Waals surface area contributed by atoms with E-state index in [1.54, 1.807) is 13.1 Å². The number of carbonyl (C=O) groups is 1. The number of rotatable bonds is 6. The van der Waals surface area contributed by atoms with Crippen molar-refractivity contribution in [2.24, 2.45) is 0 Å². The molecule has 0 aliphatic carbocycles. The molecule has 3 aromatic rings. The molecule has 1 aliphatic rings. The molecule has 0 spiro atoms. The summed E-state index contributed by atoms with van der Waals surface area (Å²) in [7, 11) is -2.37. The molecular weight excluding hydrogens is 455 g/mol. The molecule has 8 heteroatoms. The molecule has 1 heterocycles. The summed E-state index contributed by atoms with van der Waals surface area (Å²) in [4.78, 5) is 13.3. The highest BCUT2D eigenvalue weighted by molar-refractivity contribution is 7.89. The Bertz CT molecular complexity index is 1310. The monoisotopic (exact) mass is 482 g/mol. The number of halogens is 1. The Kier molecular flexibility index (Phi) is 6.72. The number of hydrogen-bond acceptors (Lipinski definition) is 4. The number of sulfonamides is 1. The van der Waals surface area contributed by atoms with Crippen LogP contribution in [0, 0.1) is 5.82 Å². The molecule has 34 heavy (non-hydrogen) atoms. The predicted molar refractivity (Wildman–Crippen MR) is 131 cm³/mol. The molecule has 0 aromatic heterocycles. The minimum Gasteiger partial charge on any atom is -0.478 e. The average molecular weight is 483 g/mol. The van der Waals surface area contributed by atoms with Crippen molar-refractivity contribution in [3.63, 3.8) is 0 Å². The summed E-state index contributed by atoms with van der Waals surface area (Å²) in [5.41, 5.74) is 1.38. The zero-order chi connectivity index (χ0) is 24.5. The van der Waals surface area contributed by atoms with Crippen LogP contribution in [0.3, 0.4) is 0 Å². The minimum atomic E-state index is -3.94. The Hall–Kier alpha value is -3.23. The van der Waals surface area contributed by atoms with E-state index in [2.05, 4.69) is 6.92 Å². The van der Waals surface area contributed by atoms with Gasteiger partial charge in [0, 0.05) is 30.9 Å². The first kappa shape index (κ1) is 23.9. The van der Waals surface area contributed by atoms with Gasteiger partial charge in [-0.3, -0.25) is 0 Å². The van der Waals surface area contributed by atoms with Gasteiger partial charge < -0.3 is 10.0 Å². The van der Waals surface area contributed by atoms with Crippen LogP contribution < -0.4 is 4.90 Å². The summed E-state index contributed by atoms with van der Waals surface area (Å²) in [6.45, 7) is 2.45. The number of unbranched alkanes of at least 4 members (excludes halogenated alkanes) is 1. The van der Waals surface area contributed by atoms with Crippen molar-refractivity contribution in [3.05, 3.63) is 78.1 Å². The number of para-hydroxylation sites is 1. The number of nitrogens with zero attached hydrogens (tertiary/aromatic N) is 2. The van der Waals surface area contributed by atoms with Crippen molar-refractivity contribution in [1.29, 1.82) is 0 Å². The largest absolute Gasteiger partial charge is 0.478 e. The van der Waals surface area contributed by atoms with Crippen molar-refractivity contribution >= 4 is 27.4 Å². The fraction of sp³-hybridized carbons (Fsp3) is 0.269. The number of likely N-dealkylation sites (N-methyl/N-ethyl adjacent to an activating group) is 1. The third-order valence-corrected chi connectivity index (χ3v) is 8.22. The fourth-order valence-corrected chi connectivity index (χ4v) is 5.92. The second kappa shape index (κ2) is 9.56. The van der Waals surface area contributed by atoms with E-state index < -0.39 is 21.8 Å². The number of anilines is 2. The van der Waals surface area contributed by atoms with Gasteiger partial charge in [0.05, 0.1) is 11.3 Å². The summed E-state index contributed by atoms with van der Waals surface area (Å²) in [6.07, 6.45) is 2.48. The maximum Gasteiger partial charge on any atom is 0.335 e. The molecule has 0 fully saturated rings. The van der Waals surface area contributed by atoms with Crippen LogP contribution in [0.1, 0.15) is 36.5 Å². The summed E-state index contributed by atoms with van der Waals surface area (Å²) in [5.74, 6) is -1.76. The maximum atomic E-state index is 15.5. The van der Waals surface area contributed by atoms with E-state index in [0.29, 0.717) is 18.5 Å². The van der Waals surface area contributed by atoms with Crippen molar-refractivity contribution < 1.29 is 22.7 Å². The molecule has 0 saturated heterocycles. The maximum absolute atomic E-state index is 15.5. The van der Waals surface area contributed by atoms with Crippen LogP contribution in [-0.4, -0.2) is 43.4 Å². The second-order valence-electron chi connectivity index (χ2n) is 8.45. The molecule has 6 nitrogen and oxygen atoms in total. The summed E-state index contributed by atoms with van der Waals surface area (Å²) in [6, 6.07) is 17.5. The lowest BCUT2D eigenvalue weighted by atomic mass is 10.0. The highest BCUT2D eigenvalue weighted by Gasteiger charge is 2.37. The van der Waals surface area contributed by atoms with Crippen molar-refractivity contribution in [2.45, 2.75) is 37.1 Å². The van der Waals surface area contributed by atoms with E-state index in [1.807, 2.05) is 35.2 Å². The Morgan fingerprint density at radius 2 is 1.82 bits per heavy atom. The van der Waals surface area contributed by atoms with Crippen LogP contribution in [-0.2, 0) is 10.0 Å². The molecule has 0 unspecified atom stereocenters. The quantitative estimate of drug-likeness (QED) is 0.500. The number of carboxylic acid groups (broad SMARTS) is 1. The molecule has 1 atom stereocenters. The Labute approximate surface area is 199 Å². The first-order chi connectivity index (χ1) is 16.2. The van der Waals surface area contributed by atoms with E-state index in [4.69, 9.17) is 0 Å². The molecule has 0 radical (unpaired) electrons. The Morgan fingerprint density at radius 1 is 1.09 bits per heavy atom. The van der Waals surface area contributed by atoms with Gasteiger partial charge in [-0.2, -0.15) is 4.31 Å². The highest BCUT2D eigenvalue weighted by atomic mass is 32.2. The lowest BCUT2D eigenvalue weighted by Gasteiger charge is -2.29. The van der Waals surface area contributed by atoms with E-state index in [9.17, 15) is 18.3 Å². The molecule has 178 valence electrons. The second-order valence-corrected chi connectivity index (χ2v) is 10.4. The molecule has 1 N–H and O–H groups in total. The number of aromatic carboxylic acids is 1. The zero-order valence-corrected chi connectivity index (χ0v) is 19.9. The molecule has 0 bridgehead atoms. The first-order valence-corrected chi connectivity index (χ1v) is 12.7. The van der Waals surface area contributed by atoms with Gasteiger partial charge in [-0.05, 0) is 48.4 Å². The fourth-order valence-electron chi connectivity index (χ4n) is 4.34. The molecule has 3 aromatic carbocycles. The van der Waals surface area contributed by atoms with E-state index in [0.717, 1.165) is 18.5 Å². The Morgan fingerprint density at radius 3 is 2.50 bits per heavy atom. The van der Waals surface area contributed by atoms with Crippen LogP contribution >= 0.6 is 0 Å². The normalized spacial score (nSPS) is 17.7. The van der Waals surface area contributed by atoms with Crippen molar-refractivity contribution in [2.75, 3.05) is 18.5 Å². The molecule has 0 amide bonds. The van der Waals surface area contributed by atoms with Gasteiger partial charge in [0.2, 0.25) is 10.0 Å². The van der Waals surface area contributed by atoms with Crippen LogP contribution in [0.2, 0.25) is 0 Å². The van der Waals surface area contributed by atoms with Gasteiger partial charge in [0.25, 0.3) is 0 Å². The lowest BCUT2D eigenvalue weighted by molar-refractivity contribution is 0.0697. The molecule has 4 rings (SSSR count). The van der Waals surface area contributed by atoms with Gasteiger partial charge in [0.15, 0.2) is 0 Å². The number of hydrogen-bond donors (Lipinski definition) is 1. The van der Waals surface area contributed by atoms with Crippen LogP contribution in [0.25, 0.3) is 11.1 Å². The van der Waals surface area contributed by atoms with Crippen LogP contribution in [0.5, 0.6) is 0 Å². The predicted octanol–water partition coefficient (Wildman–Crippen LogP) is 5.52. The van der Waals surface area contributed by atoms with Gasteiger partial charge in [0.1, 0.15) is 10.7 Å². The van der Waals surface area contributed by atoms with Gasteiger partial charge in [-0.1, -0.05) is 50.1 Å². The SMILES string of the molecule is CCCC[C@H]1CN(c2ccccc2)c2cc(F)c(-c3cccc(C(=O)O)c3)cc2S(=O)(=O)N1C. The van der Waals surface area contributed by atoms with E-state index >= 15 is 4.39 Å². The third-order valence-electron chi connectivity index (χ3n) is 6.28. The summed E-state index contributed by atoms with van der Waals surface area (Å²) < 4.78 is 44.3. The van der Waals surface area contributed by atoms with Gasteiger partial charge in [-0.15, -0.1) is 0 Å². The first-order valence-electron chi connectivity index (χ1n) is 11.2. The van der Waals surface area contributed by atoms with Gasteiger partial charge in [-0.25, -0.2) is 17.6 Å². The standard InChI is InChI=1S/C26H27FN2O4S/c1-3-4-11-21-17-29(20-12-6-5-7-13-20)24-16-23(27)22(15-25(24)34(32,33)28(21)2)18-9-8-10-19(14-18)26(30)31/h5-10,12-16,21H,3-4,11,17H2,1-2H3,(H,30,31)/t21-/m0/s1. The van der Waals surface area contributed by atoms with Crippen molar-refractivity contribution in [1.82, 2.24) is 4.31 Å². The van der Waals surface area contributed by atoms with E-state index in [1.165, 1.54) is 34.6 Å². The smallest absolute Gasteiger partial charge is 0.335 e. The van der Waals surface area contributed by atoms with Crippen LogP contribution in [0.15, 0.2) is 71.6 Å². The number of carboxylic acids is 1.